The first-order valence-electron chi connectivity index (χ1n) is 5.96. The lowest BCUT2D eigenvalue weighted by atomic mass is 10.2. The van der Waals surface area contributed by atoms with Gasteiger partial charge in [0, 0.05) is 30.9 Å². The first kappa shape index (κ1) is 14.8. The van der Waals surface area contributed by atoms with Crippen LogP contribution in [0.4, 0.5) is 4.39 Å². The van der Waals surface area contributed by atoms with Gasteiger partial charge in [-0.1, -0.05) is 25.5 Å². The Balaban J connectivity index is 2.82. The van der Waals surface area contributed by atoms with Gasteiger partial charge in [-0.2, -0.15) is 0 Å². The Bertz CT molecular complexity index is 428. The van der Waals surface area contributed by atoms with Gasteiger partial charge < -0.3 is 4.90 Å². The van der Waals surface area contributed by atoms with Crippen LogP contribution in [0.25, 0.3) is 6.08 Å². The van der Waals surface area contributed by atoms with E-state index in [4.69, 9.17) is 0 Å². The van der Waals surface area contributed by atoms with Crippen LogP contribution in [0.5, 0.6) is 0 Å². The van der Waals surface area contributed by atoms with Crippen LogP contribution >= 0.6 is 11.9 Å². The lowest BCUT2D eigenvalue weighted by Crippen LogP contribution is -2.06. The van der Waals surface area contributed by atoms with Gasteiger partial charge in [0.1, 0.15) is 5.82 Å². The number of hydrogen-bond donors (Lipinski definition) is 0. The fraction of sp³-hybridized carbons (Fsp3) is 0.357. The van der Waals surface area contributed by atoms with Gasteiger partial charge >= 0.3 is 0 Å². The van der Waals surface area contributed by atoms with Gasteiger partial charge in [-0.15, -0.1) is 0 Å². The van der Waals surface area contributed by atoms with Crippen molar-refractivity contribution < 1.29 is 4.39 Å². The molecule has 98 valence electrons. The van der Waals surface area contributed by atoms with Gasteiger partial charge in [-0.05, 0) is 30.2 Å². The summed E-state index contributed by atoms with van der Waals surface area (Å²) in [5.74, 6) is -0.216. The van der Waals surface area contributed by atoms with Crippen molar-refractivity contribution in [2.75, 3.05) is 14.1 Å². The minimum Gasteiger partial charge on any atom is -0.368 e. The first-order valence-corrected chi connectivity index (χ1v) is 6.74. The molecule has 0 radical (unpaired) electrons. The zero-order valence-corrected chi connectivity index (χ0v) is 11.9. The molecule has 1 rings (SSSR count). The summed E-state index contributed by atoms with van der Waals surface area (Å²) in [6, 6.07) is 4.77. The molecule has 0 N–H and O–H groups in total. The third-order valence-electron chi connectivity index (χ3n) is 2.15. The van der Waals surface area contributed by atoms with Crippen molar-refractivity contribution in [3.05, 3.63) is 35.7 Å². The summed E-state index contributed by atoms with van der Waals surface area (Å²) in [7, 11) is 3.83. The molecule has 0 atom stereocenters. The fourth-order valence-electron chi connectivity index (χ4n) is 1.28. The Kier molecular flexibility index (Phi) is 6.50. The van der Waals surface area contributed by atoms with Crippen LogP contribution in [0.2, 0.25) is 0 Å². The van der Waals surface area contributed by atoms with E-state index in [1.807, 2.05) is 25.1 Å². The highest BCUT2D eigenvalue weighted by Gasteiger charge is 2.01. The van der Waals surface area contributed by atoms with Gasteiger partial charge in [0.2, 0.25) is 0 Å². The second-order valence-corrected chi connectivity index (χ2v) is 4.98. The Morgan fingerprint density at radius 1 is 1.39 bits per heavy atom. The summed E-state index contributed by atoms with van der Waals surface area (Å²) in [4.78, 5) is 2.82. The number of benzene rings is 1. The number of nitrogens with zero attached hydrogens (tertiary/aromatic N) is 2. The number of halogens is 1. The van der Waals surface area contributed by atoms with E-state index in [0.29, 0.717) is 0 Å². The van der Waals surface area contributed by atoms with Gasteiger partial charge in [-0.3, -0.25) is 0 Å². The molecule has 2 nitrogen and oxygen atoms in total. The molecule has 0 heterocycles. The SMILES string of the molecule is CCC/C=C/c1cc(F)ccc1S/N=C/N(C)C. The first-order chi connectivity index (χ1) is 8.63. The second kappa shape index (κ2) is 7.93. The van der Waals surface area contributed by atoms with Crippen molar-refractivity contribution >= 4 is 24.4 Å². The summed E-state index contributed by atoms with van der Waals surface area (Å²) in [6.07, 6.45) is 7.84. The highest BCUT2D eigenvalue weighted by molar-refractivity contribution is 7.98. The molecule has 0 aliphatic rings. The predicted molar refractivity (Wildman–Crippen MR) is 78.4 cm³/mol. The third-order valence-corrected chi connectivity index (χ3v) is 2.92. The lowest BCUT2D eigenvalue weighted by Gasteiger charge is -2.04. The predicted octanol–water partition coefficient (Wildman–Crippen LogP) is 4.24. The summed E-state index contributed by atoms with van der Waals surface area (Å²) in [6.45, 7) is 2.12. The normalized spacial score (nSPS) is 11.6. The quantitative estimate of drug-likeness (QED) is 0.435. The number of hydrogen-bond acceptors (Lipinski definition) is 2. The van der Waals surface area contributed by atoms with Crippen molar-refractivity contribution in [2.24, 2.45) is 4.40 Å². The Morgan fingerprint density at radius 2 is 2.17 bits per heavy atom. The smallest absolute Gasteiger partial charge is 0.123 e. The Hall–Kier alpha value is -1.29. The maximum Gasteiger partial charge on any atom is 0.123 e. The Labute approximate surface area is 113 Å². The van der Waals surface area contributed by atoms with E-state index in [1.54, 1.807) is 18.5 Å². The number of unbranched alkanes of at least 4 members (excludes halogenated alkanes) is 1. The van der Waals surface area contributed by atoms with Crippen LogP contribution in [-0.4, -0.2) is 25.3 Å². The summed E-state index contributed by atoms with van der Waals surface area (Å²) >= 11 is 1.35. The van der Waals surface area contributed by atoms with Crippen LogP contribution in [0.15, 0.2) is 33.6 Å². The summed E-state index contributed by atoms with van der Waals surface area (Å²) in [5.41, 5.74) is 0.879. The summed E-state index contributed by atoms with van der Waals surface area (Å²) < 4.78 is 17.4. The standard InChI is InChI=1S/C14H19FN2S/c1-4-5-6-7-12-10-13(15)8-9-14(12)18-16-11-17(2)3/h6-11H,4-5H2,1-3H3/b7-6+,16-11+. The van der Waals surface area contributed by atoms with Gasteiger partial charge in [0.25, 0.3) is 0 Å². The zero-order valence-electron chi connectivity index (χ0n) is 11.1. The highest BCUT2D eigenvalue weighted by atomic mass is 32.2. The average molecular weight is 266 g/mol. The molecule has 0 bridgehead atoms. The average Bonchev–Trinajstić information content (AvgIpc) is 2.32. The van der Waals surface area contributed by atoms with Crippen LogP contribution in [0, 0.1) is 5.82 Å². The fourth-order valence-corrected chi connectivity index (χ4v) is 1.99. The van der Waals surface area contributed by atoms with E-state index in [-0.39, 0.29) is 5.82 Å². The minimum atomic E-state index is -0.216. The van der Waals surface area contributed by atoms with Gasteiger partial charge in [-0.25, -0.2) is 8.79 Å². The molecule has 0 fully saturated rings. The zero-order chi connectivity index (χ0) is 13.4. The van der Waals surface area contributed by atoms with E-state index in [0.717, 1.165) is 23.3 Å². The monoisotopic (exact) mass is 266 g/mol. The van der Waals surface area contributed by atoms with Crippen LogP contribution in [-0.2, 0) is 0 Å². The van der Waals surface area contributed by atoms with Crippen molar-refractivity contribution in [2.45, 2.75) is 24.7 Å². The third kappa shape index (κ3) is 5.36. The Morgan fingerprint density at radius 3 is 2.83 bits per heavy atom. The van der Waals surface area contributed by atoms with Crippen molar-refractivity contribution in [3.8, 4) is 0 Å². The highest BCUT2D eigenvalue weighted by Crippen LogP contribution is 2.25. The van der Waals surface area contributed by atoms with E-state index in [9.17, 15) is 4.39 Å². The molecule has 0 aliphatic heterocycles. The maximum atomic E-state index is 13.2. The van der Waals surface area contributed by atoms with Gasteiger partial charge in [0.15, 0.2) is 0 Å². The van der Waals surface area contributed by atoms with E-state index in [1.165, 1.54) is 18.0 Å². The van der Waals surface area contributed by atoms with Crippen molar-refractivity contribution in [3.63, 3.8) is 0 Å². The van der Waals surface area contributed by atoms with E-state index < -0.39 is 0 Å². The largest absolute Gasteiger partial charge is 0.368 e. The number of allylic oxidation sites excluding steroid dienone is 1. The van der Waals surface area contributed by atoms with Gasteiger partial charge in [0.05, 0.1) is 6.34 Å². The van der Waals surface area contributed by atoms with Crippen LogP contribution < -0.4 is 0 Å². The van der Waals surface area contributed by atoms with Crippen molar-refractivity contribution in [1.29, 1.82) is 0 Å². The molecule has 0 unspecified atom stereocenters. The molecule has 18 heavy (non-hydrogen) atoms. The second-order valence-electron chi connectivity index (χ2n) is 4.15. The molecule has 1 aromatic carbocycles. The molecule has 0 saturated carbocycles. The molecule has 1 aromatic rings. The topological polar surface area (TPSA) is 15.6 Å². The minimum absolute atomic E-state index is 0.216. The lowest BCUT2D eigenvalue weighted by molar-refractivity contribution is 0.626. The van der Waals surface area contributed by atoms with E-state index >= 15 is 0 Å². The molecule has 0 saturated heterocycles. The number of rotatable bonds is 6. The molecule has 0 spiro atoms. The van der Waals surface area contributed by atoms with Crippen molar-refractivity contribution in [1.82, 2.24) is 4.90 Å². The molecular formula is C14H19FN2S. The van der Waals surface area contributed by atoms with E-state index in [2.05, 4.69) is 17.4 Å². The summed E-state index contributed by atoms with van der Waals surface area (Å²) in [5, 5.41) is 0. The maximum absolute atomic E-state index is 13.2. The molecule has 0 aliphatic carbocycles. The molecule has 0 amide bonds. The van der Waals surface area contributed by atoms with Crippen LogP contribution in [0.3, 0.4) is 0 Å². The molecular weight excluding hydrogens is 247 g/mol. The van der Waals surface area contributed by atoms with Crippen LogP contribution in [0.1, 0.15) is 25.3 Å². The molecule has 4 heteroatoms. The molecule has 0 aromatic heterocycles.